The largest absolute Gasteiger partial charge is 0.444 e. The van der Waals surface area contributed by atoms with Gasteiger partial charge in [-0.2, -0.15) is 0 Å². The Labute approximate surface area is 151 Å². The minimum absolute atomic E-state index is 0.0439. The van der Waals surface area contributed by atoms with Crippen molar-refractivity contribution in [2.75, 3.05) is 5.32 Å². The predicted octanol–water partition coefficient (Wildman–Crippen LogP) is 4.58. The van der Waals surface area contributed by atoms with Crippen molar-refractivity contribution in [1.82, 2.24) is 5.32 Å². The quantitative estimate of drug-likeness (QED) is 0.755. The summed E-state index contributed by atoms with van der Waals surface area (Å²) >= 11 is 10.9. The van der Waals surface area contributed by atoms with Gasteiger partial charge in [-0.05, 0) is 48.0 Å². The highest BCUT2D eigenvalue weighted by atomic mass is 35.5. The molecule has 0 atom stereocenters. The highest BCUT2D eigenvalue weighted by Gasteiger charge is 2.19. The zero-order chi connectivity index (χ0) is 18.4. The molecule has 2 rings (SSSR count). The Bertz CT molecular complexity index is 806. The van der Waals surface area contributed by atoms with E-state index in [0.717, 1.165) is 23.7 Å². The summed E-state index contributed by atoms with van der Waals surface area (Å²) in [5, 5.41) is 4.12. The van der Waals surface area contributed by atoms with E-state index in [1.165, 1.54) is 24.3 Å². The summed E-state index contributed by atoms with van der Waals surface area (Å²) in [6.45, 7) is 0. The summed E-state index contributed by atoms with van der Waals surface area (Å²) in [5.74, 6) is -2.99. The van der Waals surface area contributed by atoms with Crippen LogP contribution in [-0.4, -0.2) is 11.9 Å². The second-order valence-corrected chi connectivity index (χ2v) is 5.14. The van der Waals surface area contributed by atoms with Crippen LogP contribution in [0.25, 0.3) is 0 Å². The molecule has 0 aliphatic rings. The molecule has 2 N–H and O–H groups in total. The van der Waals surface area contributed by atoms with E-state index in [-0.39, 0.29) is 5.22 Å². The Kier molecular flexibility index (Phi) is 6.32. The van der Waals surface area contributed by atoms with Crippen molar-refractivity contribution in [1.29, 1.82) is 0 Å². The number of hydrogen-bond donors (Lipinski definition) is 2. The van der Waals surface area contributed by atoms with Gasteiger partial charge in [-0.15, -0.1) is 0 Å². The highest BCUT2D eigenvalue weighted by Crippen LogP contribution is 2.19. The number of anilines is 1. The third kappa shape index (κ3) is 5.17. The van der Waals surface area contributed by atoms with Crippen LogP contribution in [0.1, 0.15) is 10.4 Å². The molecule has 2 aromatic rings. The smallest absolute Gasteiger partial charge is 0.326 e. The number of benzene rings is 2. The number of urea groups is 1. The van der Waals surface area contributed by atoms with Crippen LogP contribution in [0.15, 0.2) is 53.2 Å². The van der Waals surface area contributed by atoms with Crippen molar-refractivity contribution in [3.63, 3.8) is 0 Å². The first-order chi connectivity index (χ1) is 11.9. The van der Waals surface area contributed by atoms with Crippen LogP contribution in [0.5, 0.6) is 5.75 Å². The van der Waals surface area contributed by atoms with Crippen LogP contribution >= 0.6 is 23.2 Å². The maximum Gasteiger partial charge on any atom is 0.326 e. The van der Waals surface area contributed by atoms with Crippen molar-refractivity contribution in [2.24, 2.45) is 0 Å². The normalized spacial score (nSPS) is 11.0. The molecule has 0 saturated carbocycles. The standard InChI is InChI=1S/C16H10Cl2F2N2O3/c17-8-13(18)25-10-6-4-9(5-7-10)21-16(24)22-15(23)14-11(19)2-1-3-12(14)20/h1-8H,(H2,21,22,23,24). The molecule has 9 heteroatoms. The van der Waals surface area contributed by atoms with Crippen LogP contribution in [0, 0.1) is 11.6 Å². The van der Waals surface area contributed by atoms with Gasteiger partial charge < -0.3 is 10.1 Å². The van der Waals surface area contributed by atoms with Crippen LogP contribution in [0.3, 0.4) is 0 Å². The van der Waals surface area contributed by atoms with Crippen molar-refractivity contribution in [2.45, 2.75) is 0 Å². The van der Waals surface area contributed by atoms with E-state index in [9.17, 15) is 18.4 Å². The van der Waals surface area contributed by atoms with Crippen LogP contribution in [0.4, 0.5) is 19.3 Å². The van der Waals surface area contributed by atoms with Crippen LogP contribution < -0.4 is 15.4 Å². The summed E-state index contributed by atoms with van der Waals surface area (Å²) in [5.41, 5.74) is 0.496. The summed E-state index contributed by atoms with van der Waals surface area (Å²) in [6.07, 6.45) is 0. The van der Waals surface area contributed by atoms with Gasteiger partial charge in [0.15, 0.2) is 0 Å². The van der Waals surface area contributed by atoms with E-state index in [4.69, 9.17) is 27.9 Å². The number of carbonyl (C=O) groups is 2. The van der Waals surface area contributed by atoms with E-state index in [1.807, 2.05) is 5.32 Å². The van der Waals surface area contributed by atoms with E-state index < -0.39 is 29.1 Å². The first kappa shape index (κ1) is 18.7. The molecule has 2 aromatic carbocycles. The SMILES string of the molecule is O=C(NC(=O)c1c(F)cccc1F)Nc1ccc(OC(Cl)=CCl)cc1. The lowest BCUT2D eigenvalue weighted by Crippen LogP contribution is -2.35. The third-order valence-electron chi connectivity index (χ3n) is 2.83. The van der Waals surface area contributed by atoms with Gasteiger partial charge in [-0.3, -0.25) is 10.1 Å². The van der Waals surface area contributed by atoms with Gasteiger partial charge in [0, 0.05) is 5.69 Å². The second kappa shape index (κ2) is 8.46. The molecule has 0 heterocycles. The number of hydrogen-bond acceptors (Lipinski definition) is 3. The van der Waals surface area contributed by atoms with E-state index in [0.29, 0.717) is 11.4 Å². The molecule has 130 valence electrons. The monoisotopic (exact) mass is 386 g/mol. The number of halogens is 4. The number of imide groups is 1. The fourth-order valence-electron chi connectivity index (χ4n) is 1.78. The van der Waals surface area contributed by atoms with E-state index >= 15 is 0 Å². The average molecular weight is 387 g/mol. The minimum atomic E-state index is -1.20. The van der Waals surface area contributed by atoms with Crippen LogP contribution in [0.2, 0.25) is 0 Å². The molecule has 3 amide bonds. The molecular formula is C16H10Cl2F2N2O3. The van der Waals surface area contributed by atoms with Gasteiger partial charge in [0.1, 0.15) is 22.9 Å². The number of rotatable bonds is 4. The zero-order valence-corrected chi connectivity index (χ0v) is 13.9. The zero-order valence-electron chi connectivity index (χ0n) is 12.4. The van der Waals surface area contributed by atoms with Crippen LogP contribution in [-0.2, 0) is 0 Å². The molecule has 0 aliphatic carbocycles. The Morgan fingerprint density at radius 3 is 2.20 bits per heavy atom. The number of carbonyl (C=O) groups excluding carboxylic acids is 2. The summed E-state index contributed by atoms with van der Waals surface area (Å²) in [7, 11) is 0. The second-order valence-electron chi connectivity index (χ2n) is 4.54. The first-order valence-electron chi connectivity index (χ1n) is 6.71. The molecule has 0 aliphatic heterocycles. The molecule has 0 saturated heterocycles. The Hall–Kier alpha value is -2.64. The molecule has 0 bridgehead atoms. The fourth-order valence-corrected chi connectivity index (χ4v) is 1.92. The molecule has 0 unspecified atom stereocenters. The van der Waals surface area contributed by atoms with Gasteiger partial charge in [0.25, 0.3) is 5.91 Å². The topological polar surface area (TPSA) is 67.4 Å². The lowest BCUT2D eigenvalue weighted by molar-refractivity contribution is 0.0959. The first-order valence-corrected chi connectivity index (χ1v) is 7.52. The van der Waals surface area contributed by atoms with Gasteiger partial charge in [-0.25, -0.2) is 13.6 Å². The average Bonchev–Trinajstić information content (AvgIpc) is 2.56. The minimum Gasteiger partial charge on any atom is -0.444 e. The molecule has 25 heavy (non-hydrogen) atoms. The Balaban J connectivity index is 1.99. The fraction of sp³-hybridized carbons (Fsp3) is 0. The molecule has 0 radical (unpaired) electrons. The maximum absolute atomic E-state index is 13.5. The van der Waals surface area contributed by atoms with Gasteiger partial charge >= 0.3 is 6.03 Å². The molecule has 0 fully saturated rings. The van der Waals surface area contributed by atoms with Crippen molar-refractivity contribution >= 4 is 40.8 Å². The highest BCUT2D eigenvalue weighted by molar-refractivity contribution is 6.35. The summed E-state index contributed by atoms with van der Waals surface area (Å²) < 4.78 is 32.1. The van der Waals surface area contributed by atoms with Crippen molar-refractivity contribution in [3.05, 3.63) is 70.4 Å². The molecule has 0 spiro atoms. The Morgan fingerprint density at radius 1 is 1.04 bits per heavy atom. The van der Waals surface area contributed by atoms with Gasteiger partial charge in [0.2, 0.25) is 5.22 Å². The van der Waals surface area contributed by atoms with Crippen molar-refractivity contribution in [3.8, 4) is 5.75 Å². The molecular weight excluding hydrogens is 377 g/mol. The predicted molar refractivity (Wildman–Crippen MR) is 89.7 cm³/mol. The lowest BCUT2D eigenvalue weighted by Gasteiger charge is -2.09. The van der Waals surface area contributed by atoms with Gasteiger partial charge in [0.05, 0.1) is 5.54 Å². The van der Waals surface area contributed by atoms with E-state index in [2.05, 4.69) is 5.32 Å². The van der Waals surface area contributed by atoms with Crippen molar-refractivity contribution < 1.29 is 23.1 Å². The summed E-state index contributed by atoms with van der Waals surface area (Å²) in [4.78, 5) is 23.6. The Morgan fingerprint density at radius 2 is 1.64 bits per heavy atom. The number of nitrogens with one attached hydrogen (secondary N) is 2. The van der Waals surface area contributed by atoms with Gasteiger partial charge in [-0.1, -0.05) is 17.7 Å². The number of amides is 3. The molecule has 5 nitrogen and oxygen atoms in total. The summed E-state index contributed by atoms with van der Waals surface area (Å²) in [6, 6.07) is 7.86. The third-order valence-corrected chi connectivity index (χ3v) is 3.33. The maximum atomic E-state index is 13.5. The van der Waals surface area contributed by atoms with E-state index in [1.54, 1.807) is 0 Å². The number of ether oxygens (including phenoxy) is 1. The molecule has 0 aromatic heterocycles. The lowest BCUT2D eigenvalue weighted by atomic mass is 10.2.